The minimum absolute atomic E-state index is 0.495. The lowest BCUT2D eigenvalue weighted by molar-refractivity contribution is -0.286. The molecule has 0 aromatic heterocycles. The van der Waals surface area contributed by atoms with Crippen molar-refractivity contribution in [2.24, 2.45) is 0 Å². The first-order chi connectivity index (χ1) is 11.1. The molecule has 0 unspecified atom stereocenters. The zero-order valence-corrected chi connectivity index (χ0v) is 14.8. The Morgan fingerprint density at radius 2 is 1.30 bits per heavy atom. The summed E-state index contributed by atoms with van der Waals surface area (Å²) in [6.45, 7) is 4.40. The first kappa shape index (κ1) is 20.8. The van der Waals surface area contributed by atoms with Gasteiger partial charge >= 0.3 is 0 Å². The standard InChI is InChI=1S/C18H36O5/c1-3-4-5-6-7-8-9-10-11-12-13-22-17-15(19)14(2)23-18(21)16(17)20/h14-21H,3-13H2,1-2H3/t14-,15-,16+,17+,18+/m0/s1. The highest BCUT2D eigenvalue weighted by Crippen LogP contribution is 2.22. The summed E-state index contributed by atoms with van der Waals surface area (Å²) in [5.74, 6) is 0. The van der Waals surface area contributed by atoms with Gasteiger partial charge in [0.15, 0.2) is 6.29 Å². The number of hydrogen-bond donors (Lipinski definition) is 3. The molecule has 1 aliphatic rings. The molecule has 5 atom stereocenters. The second-order valence-corrected chi connectivity index (χ2v) is 6.73. The number of aliphatic hydroxyl groups is 3. The number of ether oxygens (including phenoxy) is 2. The summed E-state index contributed by atoms with van der Waals surface area (Å²) in [6, 6.07) is 0. The maximum atomic E-state index is 9.97. The Bertz CT molecular complexity index is 273. The van der Waals surface area contributed by atoms with Crippen molar-refractivity contribution in [3.63, 3.8) is 0 Å². The van der Waals surface area contributed by atoms with E-state index < -0.39 is 30.7 Å². The molecule has 1 aliphatic heterocycles. The Hall–Kier alpha value is -0.200. The molecule has 0 radical (unpaired) electrons. The van der Waals surface area contributed by atoms with Gasteiger partial charge in [0.05, 0.1) is 6.10 Å². The van der Waals surface area contributed by atoms with Crippen LogP contribution in [0.2, 0.25) is 0 Å². The molecule has 5 nitrogen and oxygen atoms in total. The number of rotatable bonds is 12. The first-order valence-corrected chi connectivity index (χ1v) is 9.39. The highest BCUT2D eigenvalue weighted by Gasteiger charge is 2.42. The van der Waals surface area contributed by atoms with Crippen LogP contribution < -0.4 is 0 Å². The van der Waals surface area contributed by atoms with Crippen LogP contribution in [0.4, 0.5) is 0 Å². The van der Waals surface area contributed by atoms with Crippen molar-refractivity contribution < 1.29 is 24.8 Å². The monoisotopic (exact) mass is 332 g/mol. The predicted octanol–water partition coefficient (Wildman–Crippen LogP) is 2.75. The molecule has 0 aromatic rings. The lowest BCUT2D eigenvalue weighted by Crippen LogP contribution is -2.57. The Morgan fingerprint density at radius 1 is 0.783 bits per heavy atom. The van der Waals surface area contributed by atoms with E-state index in [4.69, 9.17) is 9.47 Å². The lowest BCUT2D eigenvalue weighted by atomic mass is 10.00. The van der Waals surface area contributed by atoms with Gasteiger partial charge in [-0.3, -0.25) is 0 Å². The van der Waals surface area contributed by atoms with E-state index in [0.29, 0.717) is 6.61 Å². The molecule has 1 fully saturated rings. The SMILES string of the molecule is CCCCCCCCCCCCO[C@@H]1[C@@H](O)[C@H](C)O[C@@H](O)[C@@H]1O. The second-order valence-electron chi connectivity index (χ2n) is 6.73. The highest BCUT2D eigenvalue weighted by atomic mass is 16.6. The molecule has 0 spiro atoms. The molecule has 0 bridgehead atoms. The molecule has 138 valence electrons. The van der Waals surface area contributed by atoms with Crippen molar-refractivity contribution in [1.29, 1.82) is 0 Å². The van der Waals surface area contributed by atoms with Gasteiger partial charge in [0.1, 0.15) is 18.3 Å². The third-order valence-corrected chi connectivity index (χ3v) is 4.61. The minimum Gasteiger partial charge on any atom is -0.388 e. The van der Waals surface area contributed by atoms with Crippen LogP contribution in [0.25, 0.3) is 0 Å². The summed E-state index contributed by atoms with van der Waals surface area (Å²) in [6.07, 6.45) is 7.82. The summed E-state index contributed by atoms with van der Waals surface area (Å²) in [4.78, 5) is 0. The lowest BCUT2D eigenvalue weighted by Gasteiger charge is -2.39. The van der Waals surface area contributed by atoms with Gasteiger partial charge in [-0.2, -0.15) is 0 Å². The average Bonchev–Trinajstić information content (AvgIpc) is 2.53. The van der Waals surface area contributed by atoms with E-state index in [1.54, 1.807) is 6.92 Å². The topological polar surface area (TPSA) is 79.2 Å². The zero-order valence-electron chi connectivity index (χ0n) is 14.8. The third kappa shape index (κ3) is 7.94. The van der Waals surface area contributed by atoms with Gasteiger partial charge in [-0.05, 0) is 13.3 Å². The zero-order chi connectivity index (χ0) is 17.1. The van der Waals surface area contributed by atoms with Crippen molar-refractivity contribution in [2.45, 2.75) is 109 Å². The fourth-order valence-corrected chi connectivity index (χ4v) is 3.02. The third-order valence-electron chi connectivity index (χ3n) is 4.61. The average molecular weight is 332 g/mol. The van der Waals surface area contributed by atoms with Gasteiger partial charge in [0.25, 0.3) is 0 Å². The van der Waals surface area contributed by atoms with E-state index >= 15 is 0 Å². The van der Waals surface area contributed by atoms with E-state index in [2.05, 4.69) is 6.92 Å². The normalized spacial score (nSPS) is 31.4. The predicted molar refractivity (Wildman–Crippen MR) is 90.2 cm³/mol. The molecule has 0 aliphatic carbocycles. The Kier molecular flexibility index (Phi) is 11.1. The molecule has 0 aromatic carbocycles. The summed E-state index contributed by atoms with van der Waals surface area (Å²) < 4.78 is 10.6. The first-order valence-electron chi connectivity index (χ1n) is 9.39. The Labute approximate surface area is 141 Å². The highest BCUT2D eigenvalue weighted by molar-refractivity contribution is 4.87. The largest absolute Gasteiger partial charge is 0.388 e. The quantitative estimate of drug-likeness (QED) is 0.479. The van der Waals surface area contributed by atoms with Crippen LogP contribution >= 0.6 is 0 Å². The molecule has 0 saturated carbocycles. The summed E-state index contributed by atoms with van der Waals surface area (Å²) >= 11 is 0. The smallest absolute Gasteiger partial charge is 0.183 e. The van der Waals surface area contributed by atoms with Gasteiger partial charge in [0.2, 0.25) is 0 Å². The van der Waals surface area contributed by atoms with Crippen LogP contribution in [0.15, 0.2) is 0 Å². The van der Waals surface area contributed by atoms with E-state index in [1.807, 2.05) is 0 Å². The molecule has 23 heavy (non-hydrogen) atoms. The van der Waals surface area contributed by atoms with Crippen molar-refractivity contribution in [3.8, 4) is 0 Å². The van der Waals surface area contributed by atoms with E-state index in [0.717, 1.165) is 12.8 Å². The van der Waals surface area contributed by atoms with Crippen LogP contribution in [-0.2, 0) is 9.47 Å². The van der Waals surface area contributed by atoms with Crippen LogP contribution in [0.3, 0.4) is 0 Å². The molecule has 0 amide bonds. The van der Waals surface area contributed by atoms with Gasteiger partial charge in [-0.1, -0.05) is 64.7 Å². The van der Waals surface area contributed by atoms with E-state index in [-0.39, 0.29) is 0 Å². The molecule has 5 heteroatoms. The number of unbranched alkanes of at least 4 members (excludes halogenated alkanes) is 9. The van der Waals surface area contributed by atoms with Gasteiger partial charge in [-0.15, -0.1) is 0 Å². The number of aliphatic hydroxyl groups excluding tert-OH is 3. The Morgan fingerprint density at radius 3 is 1.87 bits per heavy atom. The van der Waals surface area contributed by atoms with Crippen molar-refractivity contribution in [2.75, 3.05) is 6.61 Å². The number of hydrogen-bond acceptors (Lipinski definition) is 5. The van der Waals surface area contributed by atoms with Crippen LogP contribution in [0, 0.1) is 0 Å². The van der Waals surface area contributed by atoms with Crippen LogP contribution in [0.1, 0.15) is 78.1 Å². The molecule has 3 N–H and O–H groups in total. The molecular formula is C18H36O5. The molecule has 1 saturated heterocycles. The van der Waals surface area contributed by atoms with Gasteiger partial charge in [-0.25, -0.2) is 0 Å². The van der Waals surface area contributed by atoms with E-state index in [9.17, 15) is 15.3 Å². The Balaban J connectivity index is 1.99. The van der Waals surface area contributed by atoms with Crippen LogP contribution in [-0.4, -0.2) is 52.6 Å². The summed E-state index contributed by atoms with van der Waals surface area (Å²) in [5.41, 5.74) is 0. The maximum Gasteiger partial charge on any atom is 0.183 e. The minimum atomic E-state index is -1.29. The van der Waals surface area contributed by atoms with Crippen molar-refractivity contribution in [1.82, 2.24) is 0 Å². The van der Waals surface area contributed by atoms with Crippen LogP contribution in [0.5, 0.6) is 0 Å². The fraction of sp³-hybridized carbons (Fsp3) is 1.00. The second kappa shape index (κ2) is 12.2. The van der Waals surface area contributed by atoms with Gasteiger partial charge < -0.3 is 24.8 Å². The van der Waals surface area contributed by atoms with Gasteiger partial charge in [0, 0.05) is 6.61 Å². The summed E-state index contributed by atoms with van der Waals surface area (Å²) in [5, 5.41) is 29.3. The van der Waals surface area contributed by atoms with E-state index in [1.165, 1.54) is 51.4 Å². The van der Waals surface area contributed by atoms with Crippen molar-refractivity contribution >= 4 is 0 Å². The molecule has 1 heterocycles. The van der Waals surface area contributed by atoms with Crippen molar-refractivity contribution in [3.05, 3.63) is 0 Å². The molecular weight excluding hydrogens is 296 g/mol. The molecule has 1 rings (SSSR count). The maximum absolute atomic E-state index is 9.97. The summed E-state index contributed by atoms with van der Waals surface area (Å²) in [7, 11) is 0. The fourth-order valence-electron chi connectivity index (χ4n) is 3.02.